The molecule has 8 aromatic rings. The molecular formula is C45H30N2. The van der Waals surface area contributed by atoms with Crippen molar-refractivity contribution in [2.75, 3.05) is 0 Å². The van der Waals surface area contributed by atoms with Crippen LogP contribution in [0.1, 0.15) is 22.6 Å². The molecule has 0 radical (unpaired) electrons. The van der Waals surface area contributed by atoms with Gasteiger partial charge in [-0.05, 0) is 55.8 Å². The lowest BCUT2D eigenvalue weighted by Crippen LogP contribution is -1.99. The first kappa shape index (κ1) is 27.2. The predicted molar refractivity (Wildman–Crippen MR) is 194 cm³/mol. The van der Waals surface area contributed by atoms with Gasteiger partial charge >= 0.3 is 0 Å². The standard InChI is InChI=1S/C45H30N2/c1-2-12-33(13-3-1)42-29-43(39-20-10-14-32-11-4-5-15-36(32)39)47-45(46-42)35-27-23-31(24-28-35)30-21-25-34(26-22-30)44-40-18-8-6-16-37(40)38-17-7-9-19-41(38)44/h1-29,44H. The first-order valence-electron chi connectivity index (χ1n) is 16.1. The lowest BCUT2D eigenvalue weighted by atomic mass is 9.88. The highest BCUT2D eigenvalue weighted by atomic mass is 14.9. The summed E-state index contributed by atoms with van der Waals surface area (Å²) in [4.78, 5) is 10.2. The molecule has 2 nitrogen and oxygen atoms in total. The van der Waals surface area contributed by atoms with E-state index >= 15 is 0 Å². The van der Waals surface area contributed by atoms with E-state index in [4.69, 9.17) is 9.97 Å². The van der Waals surface area contributed by atoms with E-state index in [0.717, 1.165) is 33.9 Å². The zero-order valence-electron chi connectivity index (χ0n) is 25.7. The number of aromatic nitrogens is 2. The average Bonchev–Trinajstić information content (AvgIpc) is 3.49. The normalized spacial score (nSPS) is 12.2. The monoisotopic (exact) mass is 598 g/mol. The molecule has 47 heavy (non-hydrogen) atoms. The van der Waals surface area contributed by atoms with Crippen LogP contribution in [0, 0.1) is 0 Å². The SMILES string of the molecule is c1ccc(-c2cc(-c3cccc4ccccc34)nc(-c3ccc(-c4ccc(C5c6ccccc6-c6ccccc65)cc4)cc3)n2)cc1. The van der Waals surface area contributed by atoms with Crippen LogP contribution in [0.25, 0.3) is 66.9 Å². The van der Waals surface area contributed by atoms with E-state index in [1.807, 2.05) is 6.07 Å². The third-order valence-electron chi connectivity index (χ3n) is 9.42. The van der Waals surface area contributed by atoms with Gasteiger partial charge in [0.25, 0.3) is 0 Å². The lowest BCUT2D eigenvalue weighted by molar-refractivity contribution is 1.02. The van der Waals surface area contributed by atoms with Crippen LogP contribution < -0.4 is 0 Å². The zero-order chi connectivity index (χ0) is 31.2. The van der Waals surface area contributed by atoms with Gasteiger partial charge < -0.3 is 0 Å². The van der Waals surface area contributed by atoms with Crippen molar-refractivity contribution in [3.8, 4) is 56.2 Å². The molecule has 1 aromatic heterocycles. The summed E-state index contributed by atoms with van der Waals surface area (Å²) in [5, 5.41) is 2.38. The fourth-order valence-corrected chi connectivity index (χ4v) is 7.11. The van der Waals surface area contributed by atoms with Gasteiger partial charge in [-0.2, -0.15) is 0 Å². The molecule has 0 aliphatic heterocycles. The van der Waals surface area contributed by atoms with E-state index in [0.29, 0.717) is 0 Å². The van der Waals surface area contributed by atoms with Crippen LogP contribution in [0.5, 0.6) is 0 Å². The van der Waals surface area contributed by atoms with Crippen LogP contribution in [0.2, 0.25) is 0 Å². The number of benzene rings is 7. The van der Waals surface area contributed by atoms with E-state index in [1.165, 1.54) is 49.7 Å². The molecule has 9 rings (SSSR count). The Morgan fingerprint density at radius 1 is 0.362 bits per heavy atom. The van der Waals surface area contributed by atoms with E-state index in [-0.39, 0.29) is 5.92 Å². The quantitative estimate of drug-likeness (QED) is 0.197. The van der Waals surface area contributed by atoms with Gasteiger partial charge in [0, 0.05) is 22.6 Å². The minimum absolute atomic E-state index is 0.254. The number of hydrogen-bond donors (Lipinski definition) is 0. The minimum Gasteiger partial charge on any atom is -0.228 e. The van der Waals surface area contributed by atoms with E-state index in [9.17, 15) is 0 Å². The smallest absolute Gasteiger partial charge is 0.160 e. The van der Waals surface area contributed by atoms with Gasteiger partial charge in [-0.15, -0.1) is 0 Å². The Labute approximate surface area is 274 Å². The fourth-order valence-electron chi connectivity index (χ4n) is 7.11. The molecule has 0 fully saturated rings. The van der Waals surface area contributed by atoms with Gasteiger partial charge in [0.2, 0.25) is 0 Å². The van der Waals surface area contributed by atoms with Gasteiger partial charge in [0.05, 0.1) is 11.4 Å². The maximum absolute atomic E-state index is 5.13. The highest BCUT2D eigenvalue weighted by molar-refractivity contribution is 5.96. The second kappa shape index (κ2) is 11.3. The Morgan fingerprint density at radius 2 is 0.894 bits per heavy atom. The van der Waals surface area contributed by atoms with Gasteiger partial charge in [0.15, 0.2) is 5.82 Å². The third kappa shape index (κ3) is 4.83. The van der Waals surface area contributed by atoms with E-state index in [1.54, 1.807) is 0 Å². The lowest BCUT2D eigenvalue weighted by Gasteiger charge is -2.15. The fraction of sp³-hybridized carbons (Fsp3) is 0.0222. The minimum atomic E-state index is 0.254. The molecule has 0 saturated heterocycles. The molecule has 220 valence electrons. The van der Waals surface area contributed by atoms with Crippen molar-refractivity contribution in [3.63, 3.8) is 0 Å². The van der Waals surface area contributed by atoms with E-state index < -0.39 is 0 Å². The highest BCUT2D eigenvalue weighted by Gasteiger charge is 2.29. The molecule has 0 amide bonds. The molecule has 7 aromatic carbocycles. The average molecular weight is 599 g/mol. The van der Waals surface area contributed by atoms with Gasteiger partial charge in [-0.3, -0.25) is 0 Å². The largest absolute Gasteiger partial charge is 0.228 e. The molecule has 0 spiro atoms. The molecule has 1 heterocycles. The molecule has 2 heteroatoms. The Hall–Kier alpha value is -6.12. The summed E-state index contributed by atoms with van der Waals surface area (Å²) in [5.74, 6) is 0.971. The van der Waals surface area contributed by atoms with Crippen LogP contribution in [-0.2, 0) is 0 Å². The summed E-state index contributed by atoms with van der Waals surface area (Å²) < 4.78 is 0. The second-order valence-electron chi connectivity index (χ2n) is 12.2. The van der Waals surface area contributed by atoms with Gasteiger partial charge in [-0.1, -0.05) is 170 Å². The van der Waals surface area contributed by atoms with Crippen LogP contribution in [-0.4, -0.2) is 9.97 Å². The predicted octanol–water partition coefficient (Wildman–Crippen LogP) is 11.5. The molecule has 0 saturated carbocycles. The van der Waals surface area contributed by atoms with Crippen molar-refractivity contribution in [3.05, 3.63) is 193 Å². The summed E-state index contributed by atoms with van der Waals surface area (Å²) in [7, 11) is 0. The van der Waals surface area contributed by atoms with Crippen LogP contribution in [0.3, 0.4) is 0 Å². The van der Waals surface area contributed by atoms with Gasteiger partial charge in [-0.25, -0.2) is 9.97 Å². The zero-order valence-corrected chi connectivity index (χ0v) is 25.7. The summed E-state index contributed by atoms with van der Waals surface area (Å²) in [6.45, 7) is 0. The van der Waals surface area contributed by atoms with Crippen molar-refractivity contribution in [1.29, 1.82) is 0 Å². The Morgan fingerprint density at radius 3 is 1.62 bits per heavy atom. The van der Waals surface area contributed by atoms with Crippen LogP contribution in [0.15, 0.2) is 176 Å². The number of fused-ring (bicyclic) bond motifs is 4. The molecule has 0 N–H and O–H groups in total. The molecular weight excluding hydrogens is 569 g/mol. The molecule has 1 aliphatic carbocycles. The number of nitrogens with zero attached hydrogens (tertiary/aromatic N) is 2. The summed E-state index contributed by atoms with van der Waals surface area (Å²) in [6.07, 6.45) is 0. The molecule has 0 bridgehead atoms. The van der Waals surface area contributed by atoms with Crippen molar-refractivity contribution in [2.24, 2.45) is 0 Å². The molecule has 0 unspecified atom stereocenters. The van der Waals surface area contributed by atoms with Crippen LogP contribution >= 0.6 is 0 Å². The summed E-state index contributed by atoms with van der Waals surface area (Å²) in [6, 6.07) is 62.7. The number of rotatable bonds is 5. The highest BCUT2D eigenvalue weighted by Crippen LogP contribution is 2.48. The topological polar surface area (TPSA) is 25.8 Å². The maximum atomic E-state index is 5.13. The van der Waals surface area contributed by atoms with Crippen molar-refractivity contribution < 1.29 is 0 Å². The van der Waals surface area contributed by atoms with E-state index in [2.05, 4.69) is 170 Å². The maximum Gasteiger partial charge on any atom is 0.160 e. The van der Waals surface area contributed by atoms with Crippen LogP contribution in [0.4, 0.5) is 0 Å². The van der Waals surface area contributed by atoms with Crippen molar-refractivity contribution >= 4 is 10.8 Å². The first-order valence-corrected chi connectivity index (χ1v) is 16.1. The molecule has 0 atom stereocenters. The van der Waals surface area contributed by atoms with Gasteiger partial charge in [0.1, 0.15) is 0 Å². The summed E-state index contributed by atoms with van der Waals surface area (Å²) in [5.41, 5.74) is 14.1. The first-order chi connectivity index (χ1) is 23.3. The molecule has 1 aliphatic rings. The Kier molecular flexibility index (Phi) is 6.57. The van der Waals surface area contributed by atoms with Crippen molar-refractivity contribution in [1.82, 2.24) is 9.97 Å². The Balaban J connectivity index is 1.07. The Bertz CT molecular complexity index is 2340. The number of hydrogen-bond acceptors (Lipinski definition) is 2. The third-order valence-corrected chi connectivity index (χ3v) is 9.42. The summed E-state index contributed by atoms with van der Waals surface area (Å²) >= 11 is 0. The second-order valence-corrected chi connectivity index (χ2v) is 12.2. The van der Waals surface area contributed by atoms with Crippen molar-refractivity contribution in [2.45, 2.75) is 5.92 Å².